The van der Waals surface area contributed by atoms with Crippen molar-refractivity contribution in [1.29, 1.82) is 0 Å². The summed E-state index contributed by atoms with van der Waals surface area (Å²) >= 11 is 5.83. The molecule has 1 aromatic carbocycles. The standard InChI is InChI=1S/C15H17N5OS2/c16-12-9-13(18-15-19(12)7-4-8-23-15)17-14(21)20(22)10-11-5-2-1-3-6-11/h1-3,5-6,9,22H,4,7-8,10,16H2. The Morgan fingerprint density at radius 3 is 3.00 bits per heavy atom. The summed E-state index contributed by atoms with van der Waals surface area (Å²) in [6, 6.07) is 10.8. The first-order chi connectivity index (χ1) is 11.1. The van der Waals surface area contributed by atoms with Crippen LogP contribution in [0.1, 0.15) is 12.0 Å². The number of amides is 2. The summed E-state index contributed by atoms with van der Waals surface area (Å²) in [5.41, 5.74) is 7.32. The van der Waals surface area contributed by atoms with Crippen LogP contribution in [0.25, 0.3) is 0 Å². The van der Waals surface area contributed by atoms with E-state index in [0.29, 0.717) is 17.9 Å². The number of nitrogens with zero attached hydrogens (tertiary/aromatic N) is 4. The summed E-state index contributed by atoms with van der Waals surface area (Å²) < 4.78 is 3.20. The molecule has 0 radical (unpaired) electrons. The minimum Gasteiger partial charge on any atom is -0.385 e. The summed E-state index contributed by atoms with van der Waals surface area (Å²) in [5, 5.41) is 0.802. The second-order valence-corrected chi connectivity index (χ2v) is 6.66. The second kappa shape index (κ2) is 7.10. The van der Waals surface area contributed by atoms with Crippen molar-refractivity contribution < 1.29 is 4.79 Å². The zero-order valence-electron chi connectivity index (χ0n) is 12.4. The molecule has 0 unspecified atom stereocenters. The van der Waals surface area contributed by atoms with E-state index in [2.05, 4.69) is 22.8 Å². The van der Waals surface area contributed by atoms with Gasteiger partial charge in [0.1, 0.15) is 5.82 Å². The lowest BCUT2D eigenvalue weighted by molar-refractivity contribution is 0.234. The fraction of sp³-hybridized carbons (Fsp3) is 0.267. The van der Waals surface area contributed by atoms with Gasteiger partial charge in [0.15, 0.2) is 10.6 Å². The van der Waals surface area contributed by atoms with Crippen molar-refractivity contribution in [3.63, 3.8) is 0 Å². The molecule has 2 aromatic rings. The maximum absolute atomic E-state index is 12.2. The first kappa shape index (κ1) is 15.9. The van der Waals surface area contributed by atoms with Crippen LogP contribution >= 0.6 is 24.6 Å². The number of hydrogen-bond donors (Lipinski definition) is 2. The number of fused-ring (bicyclic) bond motifs is 1. The normalized spacial score (nSPS) is 14.4. The third-order valence-corrected chi connectivity index (χ3v) is 4.77. The average Bonchev–Trinajstić information content (AvgIpc) is 2.56. The lowest BCUT2D eigenvalue weighted by Gasteiger charge is -2.19. The van der Waals surface area contributed by atoms with E-state index in [9.17, 15) is 4.79 Å². The molecule has 0 saturated carbocycles. The topological polar surface area (TPSA) is 76.5 Å². The van der Waals surface area contributed by atoms with Crippen LogP contribution in [0.4, 0.5) is 10.6 Å². The molecule has 0 aliphatic carbocycles. The summed E-state index contributed by atoms with van der Waals surface area (Å²) in [6.07, 6.45) is 1.06. The van der Waals surface area contributed by atoms with E-state index in [0.717, 1.165) is 29.4 Å². The van der Waals surface area contributed by atoms with Gasteiger partial charge in [-0.2, -0.15) is 4.99 Å². The minimum absolute atomic E-state index is 0.320. The number of hydrogen-bond acceptors (Lipinski definition) is 5. The minimum atomic E-state index is -0.463. The maximum atomic E-state index is 12.2. The number of benzene rings is 1. The van der Waals surface area contributed by atoms with Gasteiger partial charge >= 0.3 is 6.03 Å². The van der Waals surface area contributed by atoms with Crippen LogP contribution in [-0.4, -0.2) is 25.6 Å². The van der Waals surface area contributed by atoms with Crippen molar-refractivity contribution in [2.24, 2.45) is 4.99 Å². The van der Waals surface area contributed by atoms with E-state index in [-0.39, 0.29) is 0 Å². The highest BCUT2D eigenvalue weighted by Gasteiger charge is 2.13. The SMILES string of the molecule is Nc1cc(=NC(=O)N(S)Cc2ccccc2)nc2n1CCCS2. The Balaban J connectivity index is 1.80. The van der Waals surface area contributed by atoms with Crippen LogP contribution in [0, 0.1) is 0 Å². The van der Waals surface area contributed by atoms with E-state index < -0.39 is 6.03 Å². The van der Waals surface area contributed by atoms with Crippen LogP contribution in [0.2, 0.25) is 0 Å². The zero-order chi connectivity index (χ0) is 16.2. The highest BCUT2D eigenvalue weighted by Crippen LogP contribution is 2.23. The summed E-state index contributed by atoms with van der Waals surface area (Å²) in [7, 11) is 0. The Morgan fingerprint density at radius 1 is 1.43 bits per heavy atom. The molecule has 8 heteroatoms. The van der Waals surface area contributed by atoms with E-state index >= 15 is 0 Å². The Bertz CT molecular complexity index is 775. The fourth-order valence-corrected chi connectivity index (χ4v) is 3.44. The maximum Gasteiger partial charge on any atom is 0.355 e. The number of rotatable bonds is 2. The zero-order valence-corrected chi connectivity index (χ0v) is 14.1. The van der Waals surface area contributed by atoms with Crippen molar-refractivity contribution in [3.8, 4) is 0 Å². The van der Waals surface area contributed by atoms with E-state index in [4.69, 9.17) is 5.73 Å². The Labute approximate surface area is 144 Å². The van der Waals surface area contributed by atoms with Crippen molar-refractivity contribution in [2.75, 3.05) is 11.5 Å². The number of carbonyl (C=O) groups is 1. The summed E-state index contributed by atoms with van der Waals surface area (Å²) in [4.78, 5) is 20.6. The third-order valence-electron chi connectivity index (χ3n) is 3.39. The molecule has 1 aromatic heterocycles. The molecular formula is C15H17N5OS2. The molecule has 0 spiro atoms. The second-order valence-electron chi connectivity index (χ2n) is 5.11. The molecule has 6 nitrogen and oxygen atoms in total. The molecule has 0 bridgehead atoms. The predicted molar refractivity (Wildman–Crippen MR) is 93.9 cm³/mol. The van der Waals surface area contributed by atoms with Gasteiger partial charge in [0, 0.05) is 18.4 Å². The number of thioether (sulfide) groups is 1. The van der Waals surface area contributed by atoms with Crippen LogP contribution in [0.5, 0.6) is 0 Å². The molecule has 23 heavy (non-hydrogen) atoms. The van der Waals surface area contributed by atoms with Gasteiger partial charge in [0.25, 0.3) is 0 Å². The number of nitrogens with two attached hydrogens (primary N) is 1. The van der Waals surface area contributed by atoms with Crippen molar-refractivity contribution in [2.45, 2.75) is 24.7 Å². The van der Waals surface area contributed by atoms with Crippen molar-refractivity contribution in [3.05, 3.63) is 47.4 Å². The highest BCUT2D eigenvalue weighted by molar-refractivity contribution is 7.99. The fourth-order valence-electron chi connectivity index (χ4n) is 2.27. The Morgan fingerprint density at radius 2 is 2.22 bits per heavy atom. The van der Waals surface area contributed by atoms with Crippen LogP contribution in [-0.2, 0) is 13.1 Å². The Hall–Kier alpha value is -1.93. The largest absolute Gasteiger partial charge is 0.385 e. The summed E-state index contributed by atoms with van der Waals surface area (Å²) in [5.74, 6) is 1.57. The highest BCUT2D eigenvalue weighted by atomic mass is 32.2. The molecule has 0 saturated heterocycles. The van der Waals surface area contributed by atoms with E-state index in [1.54, 1.807) is 17.8 Å². The molecule has 120 valence electrons. The smallest absolute Gasteiger partial charge is 0.355 e. The molecule has 1 aliphatic heterocycles. The van der Waals surface area contributed by atoms with Gasteiger partial charge in [-0.15, -0.1) is 0 Å². The first-order valence-electron chi connectivity index (χ1n) is 7.22. The van der Waals surface area contributed by atoms with Crippen molar-refractivity contribution in [1.82, 2.24) is 13.9 Å². The lowest BCUT2D eigenvalue weighted by atomic mass is 10.2. The van der Waals surface area contributed by atoms with Crippen LogP contribution in [0.3, 0.4) is 0 Å². The number of urea groups is 1. The Kier molecular flexibility index (Phi) is 4.92. The van der Waals surface area contributed by atoms with Gasteiger partial charge in [-0.3, -0.25) is 4.31 Å². The predicted octanol–water partition coefficient (Wildman–Crippen LogP) is 2.33. The average molecular weight is 347 g/mol. The van der Waals surface area contributed by atoms with Gasteiger partial charge in [0.05, 0.1) is 6.54 Å². The molecule has 3 rings (SSSR count). The lowest BCUT2D eigenvalue weighted by Crippen LogP contribution is -2.25. The molecule has 0 fully saturated rings. The van der Waals surface area contributed by atoms with Gasteiger partial charge in [-0.1, -0.05) is 54.9 Å². The number of carbonyl (C=O) groups excluding carboxylic acids is 1. The molecule has 2 amide bonds. The number of nitrogen functional groups attached to an aromatic ring is 1. The molecule has 2 N–H and O–H groups in total. The third kappa shape index (κ3) is 3.89. The molecule has 2 heterocycles. The van der Waals surface area contributed by atoms with E-state index in [1.807, 2.05) is 34.9 Å². The van der Waals surface area contributed by atoms with Crippen LogP contribution < -0.4 is 11.2 Å². The first-order valence-corrected chi connectivity index (χ1v) is 8.61. The van der Waals surface area contributed by atoms with Crippen molar-refractivity contribution >= 4 is 36.4 Å². The molecular weight excluding hydrogens is 330 g/mol. The van der Waals surface area contributed by atoms with E-state index in [1.165, 1.54) is 4.31 Å². The van der Waals surface area contributed by atoms with Gasteiger partial charge < -0.3 is 10.3 Å². The van der Waals surface area contributed by atoms with Gasteiger partial charge in [-0.25, -0.2) is 9.78 Å². The molecule has 0 atom stereocenters. The number of aromatic nitrogens is 2. The van der Waals surface area contributed by atoms with Gasteiger partial charge in [0.2, 0.25) is 0 Å². The quantitative estimate of drug-likeness (QED) is 0.646. The number of thiol groups is 1. The number of anilines is 1. The monoisotopic (exact) mass is 347 g/mol. The summed E-state index contributed by atoms with van der Waals surface area (Å²) in [6.45, 7) is 1.22. The molecule has 1 aliphatic rings. The van der Waals surface area contributed by atoms with Crippen LogP contribution in [0.15, 0.2) is 46.5 Å². The van der Waals surface area contributed by atoms with Gasteiger partial charge in [-0.05, 0) is 12.0 Å².